The molecule has 0 bridgehead atoms. The van der Waals surface area contributed by atoms with Gasteiger partial charge in [0.2, 0.25) is 0 Å². The number of esters is 1. The molecule has 1 unspecified atom stereocenters. The Morgan fingerprint density at radius 1 is 1.04 bits per heavy atom. The molecule has 1 atom stereocenters. The molecule has 0 rings (SSSR count). The van der Waals surface area contributed by atoms with Gasteiger partial charge >= 0.3 is 5.97 Å². The van der Waals surface area contributed by atoms with Gasteiger partial charge in [-0.3, -0.25) is 4.79 Å². The Balaban J connectivity index is 3.64. The molecule has 0 spiro atoms. The fourth-order valence-corrected chi connectivity index (χ4v) is 2.61. The number of carbonyl (C=O) groups is 1. The van der Waals surface area contributed by atoms with Gasteiger partial charge < -0.3 is 9.84 Å². The quantitative estimate of drug-likeness (QED) is 0.269. The summed E-state index contributed by atoms with van der Waals surface area (Å²) in [6, 6.07) is 0. The predicted octanol–water partition coefficient (Wildman–Crippen LogP) is 5.27. The summed E-state index contributed by atoms with van der Waals surface area (Å²) in [5.74, 6) is 1.48. The number of rotatable bonds is 14. The molecule has 0 aromatic heterocycles. The van der Waals surface area contributed by atoms with Crippen LogP contribution in [0.1, 0.15) is 85.5 Å². The number of aliphatic hydroxyl groups excluding tert-OH is 1. The van der Waals surface area contributed by atoms with Crippen LogP contribution >= 0.6 is 0 Å². The third-order valence-corrected chi connectivity index (χ3v) is 4.15. The highest BCUT2D eigenvalue weighted by Gasteiger charge is 2.04. The SMILES string of the molecule is CC(=CCCC(=O)OCCCO)CCCC(C)CCCC(C)C. The maximum atomic E-state index is 11.4. The monoisotopic (exact) mass is 326 g/mol. The predicted molar refractivity (Wildman–Crippen MR) is 97.4 cm³/mol. The second-order valence-corrected chi connectivity index (χ2v) is 7.21. The van der Waals surface area contributed by atoms with Gasteiger partial charge in [0.15, 0.2) is 0 Å². The Hall–Kier alpha value is -0.830. The highest BCUT2D eigenvalue weighted by atomic mass is 16.5. The van der Waals surface area contributed by atoms with Crippen molar-refractivity contribution < 1.29 is 14.6 Å². The van der Waals surface area contributed by atoms with Crippen molar-refractivity contribution in [1.82, 2.24) is 0 Å². The molecule has 0 aliphatic carbocycles. The Morgan fingerprint density at radius 2 is 1.74 bits per heavy atom. The molecule has 0 amide bonds. The summed E-state index contributed by atoms with van der Waals surface area (Å²) < 4.78 is 5.00. The van der Waals surface area contributed by atoms with E-state index in [-0.39, 0.29) is 12.6 Å². The summed E-state index contributed by atoms with van der Waals surface area (Å²) in [5.41, 5.74) is 1.38. The van der Waals surface area contributed by atoms with E-state index in [0.29, 0.717) is 19.4 Å². The van der Waals surface area contributed by atoms with E-state index in [1.807, 2.05) is 0 Å². The normalized spacial score (nSPS) is 13.4. The van der Waals surface area contributed by atoms with E-state index < -0.39 is 0 Å². The van der Waals surface area contributed by atoms with Gasteiger partial charge in [-0.1, -0.05) is 58.1 Å². The Labute approximate surface area is 143 Å². The van der Waals surface area contributed by atoms with Crippen LogP contribution in [0.25, 0.3) is 0 Å². The molecule has 0 fully saturated rings. The molecule has 0 aromatic rings. The van der Waals surface area contributed by atoms with Crippen LogP contribution in [0, 0.1) is 11.8 Å². The molecule has 3 nitrogen and oxygen atoms in total. The highest BCUT2D eigenvalue weighted by molar-refractivity contribution is 5.69. The van der Waals surface area contributed by atoms with E-state index in [1.165, 1.54) is 37.7 Å². The number of hydrogen-bond donors (Lipinski definition) is 1. The lowest BCUT2D eigenvalue weighted by Crippen LogP contribution is -2.06. The van der Waals surface area contributed by atoms with Crippen LogP contribution < -0.4 is 0 Å². The molecule has 0 aromatic carbocycles. The van der Waals surface area contributed by atoms with E-state index in [2.05, 4.69) is 33.8 Å². The van der Waals surface area contributed by atoms with E-state index in [0.717, 1.165) is 24.7 Å². The van der Waals surface area contributed by atoms with Crippen LogP contribution in [0.2, 0.25) is 0 Å². The van der Waals surface area contributed by atoms with Gasteiger partial charge in [-0.15, -0.1) is 0 Å². The van der Waals surface area contributed by atoms with Crippen LogP contribution in [-0.4, -0.2) is 24.3 Å². The van der Waals surface area contributed by atoms with Crippen molar-refractivity contribution >= 4 is 5.97 Å². The Bertz CT molecular complexity index is 321. The van der Waals surface area contributed by atoms with Crippen LogP contribution in [0.15, 0.2) is 11.6 Å². The van der Waals surface area contributed by atoms with E-state index in [9.17, 15) is 4.79 Å². The van der Waals surface area contributed by atoms with E-state index >= 15 is 0 Å². The zero-order valence-corrected chi connectivity index (χ0v) is 15.8. The third kappa shape index (κ3) is 15.8. The second kappa shape index (κ2) is 14.7. The second-order valence-electron chi connectivity index (χ2n) is 7.21. The highest BCUT2D eigenvalue weighted by Crippen LogP contribution is 2.19. The summed E-state index contributed by atoms with van der Waals surface area (Å²) in [4.78, 5) is 11.4. The van der Waals surface area contributed by atoms with Crippen LogP contribution in [0.3, 0.4) is 0 Å². The summed E-state index contributed by atoms with van der Waals surface area (Å²) in [7, 11) is 0. The summed E-state index contributed by atoms with van der Waals surface area (Å²) in [6.45, 7) is 9.50. The number of aliphatic hydroxyl groups is 1. The zero-order valence-electron chi connectivity index (χ0n) is 15.8. The third-order valence-electron chi connectivity index (χ3n) is 4.15. The van der Waals surface area contributed by atoms with Gasteiger partial charge in [0, 0.05) is 19.4 Å². The molecule has 136 valence electrons. The molecule has 0 saturated heterocycles. The number of carbonyl (C=O) groups excluding carboxylic acids is 1. The fraction of sp³-hybridized carbons (Fsp3) is 0.850. The van der Waals surface area contributed by atoms with Crippen molar-refractivity contribution in [2.45, 2.75) is 85.5 Å². The number of ether oxygens (including phenoxy) is 1. The molecule has 0 heterocycles. The molecule has 0 aliphatic heterocycles. The van der Waals surface area contributed by atoms with E-state index in [1.54, 1.807) is 0 Å². The lowest BCUT2D eigenvalue weighted by molar-refractivity contribution is -0.143. The van der Waals surface area contributed by atoms with Gasteiger partial charge in [0.1, 0.15) is 0 Å². The van der Waals surface area contributed by atoms with Gasteiger partial charge in [-0.05, 0) is 38.0 Å². The van der Waals surface area contributed by atoms with Gasteiger partial charge in [0.05, 0.1) is 6.61 Å². The maximum Gasteiger partial charge on any atom is 0.306 e. The zero-order chi connectivity index (χ0) is 17.5. The van der Waals surface area contributed by atoms with Crippen molar-refractivity contribution in [3.8, 4) is 0 Å². The van der Waals surface area contributed by atoms with Crippen molar-refractivity contribution in [3.05, 3.63) is 11.6 Å². The smallest absolute Gasteiger partial charge is 0.306 e. The van der Waals surface area contributed by atoms with Crippen LogP contribution in [-0.2, 0) is 9.53 Å². The summed E-state index contributed by atoms with van der Waals surface area (Å²) in [5, 5.41) is 8.62. The van der Waals surface area contributed by atoms with Crippen LogP contribution in [0.4, 0.5) is 0 Å². The number of allylic oxidation sites excluding steroid dienone is 2. The molecule has 23 heavy (non-hydrogen) atoms. The molecule has 0 saturated carbocycles. The average molecular weight is 327 g/mol. The summed E-state index contributed by atoms with van der Waals surface area (Å²) in [6.07, 6.45) is 11.6. The Kier molecular flexibility index (Phi) is 14.2. The maximum absolute atomic E-state index is 11.4. The minimum atomic E-state index is -0.165. The Morgan fingerprint density at radius 3 is 2.39 bits per heavy atom. The fourth-order valence-electron chi connectivity index (χ4n) is 2.61. The lowest BCUT2D eigenvalue weighted by atomic mass is 9.94. The molecular formula is C20H38O3. The lowest BCUT2D eigenvalue weighted by Gasteiger charge is -2.12. The molecule has 0 aliphatic rings. The first kappa shape index (κ1) is 22.2. The first-order chi connectivity index (χ1) is 11.0. The topological polar surface area (TPSA) is 46.5 Å². The molecule has 1 N–H and O–H groups in total. The van der Waals surface area contributed by atoms with Crippen molar-refractivity contribution in [2.75, 3.05) is 13.2 Å². The van der Waals surface area contributed by atoms with Gasteiger partial charge in [-0.25, -0.2) is 0 Å². The minimum Gasteiger partial charge on any atom is -0.466 e. The van der Waals surface area contributed by atoms with Gasteiger partial charge in [-0.2, -0.15) is 0 Å². The molecule has 3 heteroatoms. The van der Waals surface area contributed by atoms with E-state index in [4.69, 9.17) is 9.84 Å². The average Bonchev–Trinajstić information content (AvgIpc) is 2.47. The van der Waals surface area contributed by atoms with Crippen molar-refractivity contribution in [3.63, 3.8) is 0 Å². The first-order valence-corrected chi connectivity index (χ1v) is 9.37. The van der Waals surface area contributed by atoms with Crippen molar-refractivity contribution in [2.24, 2.45) is 11.8 Å². The standard InChI is InChI=1S/C20H38O3/c1-17(2)9-5-10-18(3)11-6-12-19(4)13-7-14-20(22)23-16-8-15-21/h13,17-18,21H,5-12,14-16H2,1-4H3. The molecular weight excluding hydrogens is 288 g/mol. The minimum absolute atomic E-state index is 0.0716. The largest absolute Gasteiger partial charge is 0.466 e. The number of hydrogen-bond acceptors (Lipinski definition) is 3. The van der Waals surface area contributed by atoms with Gasteiger partial charge in [0.25, 0.3) is 0 Å². The van der Waals surface area contributed by atoms with Crippen LogP contribution in [0.5, 0.6) is 0 Å². The first-order valence-electron chi connectivity index (χ1n) is 9.37. The molecule has 0 radical (unpaired) electrons. The summed E-state index contributed by atoms with van der Waals surface area (Å²) >= 11 is 0. The van der Waals surface area contributed by atoms with Crippen molar-refractivity contribution in [1.29, 1.82) is 0 Å².